The molecule has 104 valence electrons. The van der Waals surface area contributed by atoms with Crippen LogP contribution in [0.4, 0.5) is 0 Å². The summed E-state index contributed by atoms with van der Waals surface area (Å²) in [4.78, 5) is 1.21. The zero-order valence-electron chi connectivity index (χ0n) is 11.7. The summed E-state index contributed by atoms with van der Waals surface area (Å²) in [7, 11) is 1.93. The molecule has 5 heteroatoms. The van der Waals surface area contributed by atoms with Crippen molar-refractivity contribution in [2.45, 2.75) is 55.5 Å². The monoisotopic (exact) mass is 278 g/mol. The Balaban J connectivity index is 1.74. The van der Waals surface area contributed by atoms with Crippen LogP contribution in [0.1, 0.15) is 39.0 Å². The van der Waals surface area contributed by atoms with E-state index in [1.807, 2.05) is 35.9 Å². The van der Waals surface area contributed by atoms with E-state index in [0.29, 0.717) is 6.04 Å². The molecule has 1 aromatic heterocycles. The molecular formula is C14H22N4S. The normalized spacial score (nSPS) is 17.9. The highest BCUT2D eigenvalue weighted by molar-refractivity contribution is 7.99. The summed E-state index contributed by atoms with van der Waals surface area (Å²) in [5.74, 6) is 1.04. The zero-order chi connectivity index (χ0) is 13.7. The van der Waals surface area contributed by atoms with Crippen LogP contribution in [-0.2, 0) is 7.05 Å². The maximum atomic E-state index is 9.44. The van der Waals surface area contributed by atoms with Crippen molar-refractivity contribution in [2.24, 2.45) is 7.05 Å². The number of aromatic nitrogens is 2. The van der Waals surface area contributed by atoms with Gasteiger partial charge in [-0.05, 0) is 37.9 Å². The van der Waals surface area contributed by atoms with Crippen LogP contribution in [0.5, 0.6) is 0 Å². The second-order valence-corrected chi connectivity index (χ2v) is 6.44. The molecular weight excluding hydrogens is 256 g/mol. The Hall–Kier alpha value is -0.990. The van der Waals surface area contributed by atoms with Crippen LogP contribution in [0.3, 0.4) is 0 Å². The van der Waals surface area contributed by atoms with Gasteiger partial charge >= 0.3 is 0 Å². The highest BCUT2D eigenvalue weighted by atomic mass is 32.2. The highest BCUT2D eigenvalue weighted by Gasteiger charge is 2.34. The molecule has 4 nitrogen and oxygen atoms in total. The summed E-state index contributed by atoms with van der Waals surface area (Å²) in [6.45, 7) is 2.10. The minimum atomic E-state index is -0.309. The minimum Gasteiger partial charge on any atom is -0.297 e. The molecule has 19 heavy (non-hydrogen) atoms. The number of thioether (sulfide) groups is 1. The van der Waals surface area contributed by atoms with E-state index < -0.39 is 0 Å². The Kier molecular flexibility index (Phi) is 4.89. The van der Waals surface area contributed by atoms with Gasteiger partial charge in [-0.2, -0.15) is 10.4 Å². The first-order chi connectivity index (χ1) is 9.17. The number of hydrogen-bond donors (Lipinski definition) is 1. The van der Waals surface area contributed by atoms with E-state index in [-0.39, 0.29) is 5.54 Å². The van der Waals surface area contributed by atoms with Gasteiger partial charge in [-0.25, -0.2) is 0 Å². The maximum Gasteiger partial charge on any atom is 0.106 e. The van der Waals surface area contributed by atoms with Gasteiger partial charge in [0.05, 0.1) is 12.3 Å². The molecule has 0 radical (unpaired) electrons. The fourth-order valence-electron chi connectivity index (χ4n) is 2.17. The lowest BCUT2D eigenvalue weighted by atomic mass is 9.92. The summed E-state index contributed by atoms with van der Waals surface area (Å²) < 4.78 is 1.82. The van der Waals surface area contributed by atoms with Gasteiger partial charge < -0.3 is 0 Å². The number of aryl methyl sites for hydroxylation is 1. The number of hydrogen-bond acceptors (Lipinski definition) is 4. The van der Waals surface area contributed by atoms with Crippen molar-refractivity contribution < 1.29 is 0 Å². The van der Waals surface area contributed by atoms with Crippen molar-refractivity contribution in [1.29, 1.82) is 5.26 Å². The smallest absolute Gasteiger partial charge is 0.106 e. The summed E-state index contributed by atoms with van der Waals surface area (Å²) >= 11 is 1.82. The molecule has 0 aliphatic heterocycles. The van der Waals surface area contributed by atoms with Crippen LogP contribution in [0.2, 0.25) is 0 Å². The topological polar surface area (TPSA) is 53.6 Å². The average Bonchev–Trinajstić information content (AvgIpc) is 3.14. The Morgan fingerprint density at radius 3 is 2.95 bits per heavy atom. The maximum absolute atomic E-state index is 9.44. The molecule has 0 aromatic carbocycles. The molecule has 0 spiro atoms. The largest absolute Gasteiger partial charge is 0.297 e. The minimum absolute atomic E-state index is 0.309. The molecule has 1 heterocycles. The lowest BCUT2D eigenvalue weighted by molar-refractivity contribution is 0.367. The van der Waals surface area contributed by atoms with Crippen LogP contribution >= 0.6 is 11.8 Å². The van der Waals surface area contributed by atoms with Gasteiger partial charge in [-0.3, -0.25) is 10.00 Å². The summed E-state index contributed by atoms with van der Waals surface area (Å²) in [5, 5.41) is 17.1. The number of nitrogens with one attached hydrogen (secondary N) is 1. The van der Waals surface area contributed by atoms with Gasteiger partial charge in [0.25, 0.3) is 0 Å². The van der Waals surface area contributed by atoms with Gasteiger partial charge in [-0.1, -0.05) is 6.92 Å². The Bertz CT molecular complexity index is 447. The van der Waals surface area contributed by atoms with Crippen molar-refractivity contribution in [3.8, 4) is 6.07 Å². The van der Waals surface area contributed by atoms with Crippen molar-refractivity contribution in [1.82, 2.24) is 15.1 Å². The van der Waals surface area contributed by atoms with E-state index in [0.717, 1.165) is 25.0 Å². The molecule has 1 aliphatic rings. The summed E-state index contributed by atoms with van der Waals surface area (Å²) in [6.07, 6.45) is 9.26. The number of nitrogens with zero attached hydrogens (tertiary/aromatic N) is 3. The second kappa shape index (κ2) is 6.44. The molecule has 1 aromatic rings. The van der Waals surface area contributed by atoms with Crippen LogP contribution < -0.4 is 5.32 Å². The average molecular weight is 278 g/mol. The second-order valence-electron chi connectivity index (χ2n) is 5.27. The van der Waals surface area contributed by atoms with Crippen LogP contribution in [0.25, 0.3) is 0 Å². The molecule has 1 aliphatic carbocycles. The third kappa shape index (κ3) is 4.26. The lowest BCUT2D eigenvalue weighted by Gasteiger charge is -2.26. The molecule has 1 saturated carbocycles. The standard InChI is InChI=1S/C14H22N4S/c1-3-14(11-15,17-12-5-6-12)7-4-8-19-13-9-16-18(2)10-13/h9-10,12,17H,3-8H2,1-2H3. The molecule has 1 atom stereocenters. The number of rotatable bonds is 8. The van der Waals surface area contributed by atoms with Gasteiger partial charge in [0.15, 0.2) is 0 Å². The van der Waals surface area contributed by atoms with Crippen LogP contribution in [-0.4, -0.2) is 27.1 Å². The first-order valence-corrected chi connectivity index (χ1v) is 7.96. The van der Waals surface area contributed by atoms with E-state index in [1.165, 1.54) is 17.7 Å². The lowest BCUT2D eigenvalue weighted by Crippen LogP contribution is -2.44. The molecule has 0 bridgehead atoms. The fourth-order valence-corrected chi connectivity index (χ4v) is 3.05. The van der Waals surface area contributed by atoms with E-state index in [1.54, 1.807) is 0 Å². The highest BCUT2D eigenvalue weighted by Crippen LogP contribution is 2.28. The van der Waals surface area contributed by atoms with Crippen LogP contribution in [0, 0.1) is 11.3 Å². The van der Waals surface area contributed by atoms with Gasteiger partial charge in [0, 0.05) is 24.2 Å². The Morgan fingerprint density at radius 1 is 1.63 bits per heavy atom. The molecule has 2 rings (SSSR count). The van der Waals surface area contributed by atoms with E-state index in [9.17, 15) is 5.26 Å². The Morgan fingerprint density at radius 2 is 2.42 bits per heavy atom. The quantitative estimate of drug-likeness (QED) is 0.587. The predicted molar refractivity (Wildman–Crippen MR) is 78.0 cm³/mol. The summed E-state index contributed by atoms with van der Waals surface area (Å²) in [6, 6.07) is 3.09. The SMILES string of the molecule is CCC(C#N)(CCCSc1cnn(C)c1)NC1CC1. The van der Waals surface area contributed by atoms with E-state index >= 15 is 0 Å². The predicted octanol–water partition coefficient (Wildman–Crippen LogP) is 2.72. The molecule has 0 amide bonds. The van der Waals surface area contributed by atoms with Crippen molar-refractivity contribution in [3.63, 3.8) is 0 Å². The molecule has 1 unspecified atom stereocenters. The van der Waals surface area contributed by atoms with Gasteiger partial charge in [0.2, 0.25) is 0 Å². The van der Waals surface area contributed by atoms with Crippen molar-refractivity contribution >= 4 is 11.8 Å². The van der Waals surface area contributed by atoms with Gasteiger partial charge in [-0.15, -0.1) is 11.8 Å². The zero-order valence-corrected chi connectivity index (χ0v) is 12.5. The van der Waals surface area contributed by atoms with E-state index in [4.69, 9.17) is 0 Å². The fraction of sp³-hybridized carbons (Fsp3) is 0.714. The molecule has 1 fully saturated rings. The first kappa shape index (κ1) is 14.4. The molecule has 0 saturated heterocycles. The van der Waals surface area contributed by atoms with Gasteiger partial charge in [0.1, 0.15) is 5.54 Å². The third-order valence-electron chi connectivity index (χ3n) is 3.57. The first-order valence-electron chi connectivity index (χ1n) is 6.98. The summed E-state index contributed by atoms with van der Waals surface area (Å²) in [5.41, 5.74) is -0.309. The van der Waals surface area contributed by atoms with Crippen LogP contribution in [0.15, 0.2) is 17.3 Å². The third-order valence-corrected chi connectivity index (χ3v) is 4.61. The molecule has 1 N–H and O–H groups in total. The van der Waals surface area contributed by atoms with E-state index in [2.05, 4.69) is 23.4 Å². The Labute approximate surface area is 119 Å². The van der Waals surface area contributed by atoms with Crippen molar-refractivity contribution in [2.75, 3.05) is 5.75 Å². The van der Waals surface area contributed by atoms with Crippen molar-refractivity contribution in [3.05, 3.63) is 12.4 Å². The number of nitriles is 1.